The van der Waals surface area contributed by atoms with Crippen molar-refractivity contribution >= 4 is 6.16 Å². The highest BCUT2D eigenvalue weighted by Gasteiger charge is 2.49. The van der Waals surface area contributed by atoms with Crippen molar-refractivity contribution in [3.05, 3.63) is 215 Å². The van der Waals surface area contributed by atoms with Gasteiger partial charge in [0.05, 0.1) is 12.1 Å². The molecular formula is C47H46N2O3. The fraction of sp³-hybridized carbons (Fsp3) is 0.213. The van der Waals surface area contributed by atoms with Crippen LogP contribution in [0.25, 0.3) is 0 Å². The van der Waals surface area contributed by atoms with E-state index in [9.17, 15) is 4.79 Å². The molecule has 1 fully saturated rings. The van der Waals surface area contributed by atoms with Gasteiger partial charge in [-0.05, 0) is 46.2 Å². The van der Waals surface area contributed by atoms with E-state index in [1.165, 1.54) is 33.4 Å². The van der Waals surface area contributed by atoms with E-state index in [-0.39, 0.29) is 12.1 Å². The maximum atomic E-state index is 13.6. The molecule has 0 aromatic heterocycles. The van der Waals surface area contributed by atoms with Crippen molar-refractivity contribution in [1.29, 1.82) is 0 Å². The third-order valence-corrected chi connectivity index (χ3v) is 9.97. The standard InChI is InChI=1S/C47H46N2O3/c50-47-51-45(43(31-37-19-7-1-8-20-37)48(33-39-23-11-3-12-24-39)34-40-25-13-4-14-26-40)46(52-47)44(32-38-21-9-2-10-22-38)49(35-41-27-15-5-16-28-41)36-42-29-17-6-18-30-42/h1-30,43-46H,31-36H2/t43-,44-,45-,46-/m0/s1. The van der Waals surface area contributed by atoms with Gasteiger partial charge in [0.1, 0.15) is 0 Å². The molecule has 262 valence electrons. The van der Waals surface area contributed by atoms with Crippen molar-refractivity contribution in [3.8, 4) is 0 Å². The molecule has 0 spiro atoms. The highest BCUT2D eigenvalue weighted by molar-refractivity contribution is 5.63. The molecule has 0 N–H and O–H groups in total. The van der Waals surface area contributed by atoms with E-state index >= 15 is 0 Å². The SMILES string of the molecule is O=C1O[C@@H]([C@H](Cc2ccccc2)N(Cc2ccccc2)Cc2ccccc2)[C@H]([C@H](Cc2ccccc2)N(Cc2ccccc2)Cc2ccccc2)O1. The molecule has 0 bridgehead atoms. The zero-order chi connectivity index (χ0) is 35.4. The molecule has 0 saturated carbocycles. The summed E-state index contributed by atoms with van der Waals surface area (Å²) in [4.78, 5) is 18.5. The summed E-state index contributed by atoms with van der Waals surface area (Å²) in [6.07, 6.45) is -0.308. The van der Waals surface area contributed by atoms with Gasteiger partial charge >= 0.3 is 6.16 Å². The lowest BCUT2D eigenvalue weighted by Gasteiger charge is -2.41. The highest BCUT2D eigenvalue weighted by atomic mass is 16.8. The van der Waals surface area contributed by atoms with Gasteiger partial charge in [-0.1, -0.05) is 182 Å². The molecule has 0 radical (unpaired) electrons. The molecule has 1 saturated heterocycles. The maximum Gasteiger partial charge on any atom is 0.509 e. The van der Waals surface area contributed by atoms with Crippen LogP contribution in [0.2, 0.25) is 0 Å². The zero-order valence-electron chi connectivity index (χ0n) is 29.5. The summed E-state index contributed by atoms with van der Waals surface area (Å²) >= 11 is 0. The Labute approximate surface area is 308 Å². The molecule has 0 amide bonds. The van der Waals surface area contributed by atoms with Crippen LogP contribution >= 0.6 is 0 Å². The van der Waals surface area contributed by atoms with Crippen molar-refractivity contribution in [3.63, 3.8) is 0 Å². The van der Waals surface area contributed by atoms with Gasteiger partial charge in [0.25, 0.3) is 0 Å². The Balaban J connectivity index is 1.32. The van der Waals surface area contributed by atoms with E-state index in [0.29, 0.717) is 39.0 Å². The first-order valence-corrected chi connectivity index (χ1v) is 18.3. The Bertz CT molecular complexity index is 1700. The first kappa shape index (κ1) is 34.9. The molecule has 0 aliphatic carbocycles. The van der Waals surface area contributed by atoms with Crippen LogP contribution in [0.3, 0.4) is 0 Å². The third kappa shape index (κ3) is 9.43. The lowest BCUT2D eigenvalue weighted by molar-refractivity contribution is -0.00933. The van der Waals surface area contributed by atoms with Gasteiger partial charge in [0.15, 0.2) is 12.2 Å². The van der Waals surface area contributed by atoms with Crippen molar-refractivity contribution in [1.82, 2.24) is 9.80 Å². The smallest absolute Gasteiger partial charge is 0.425 e. The Morgan fingerprint density at radius 1 is 0.365 bits per heavy atom. The minimum atomic E-state index is -0.607. The second-order valence-corrected chi connectivity index (χ2v) is 13.7. The van der Waals surface area contributed by atoms with Gasteiger partial charge in [0.2, 0.25) is 0 Å². The molecule has 6 aromatic carbocycles. The fourth-order valence-electron chi connectivity index (χ4n) is 7.45. The molecule has 0 unspecified atom stereocenters. The van der Waals surface area contributed by atoms with Gasteiger partial charge in [-0.2, -0.15) is 0 Å². The molecular weight excluding hydrogens is 641 g/mol. The number of ether oxygens (including phenoxy) is 2. The van der Waals surface area contributed by atoms with Gasteiger partial charge in [-0.3, -0.25) is 9.80 Å². The third-order valence-electron chi connectivity index (χ3n) is 9.97. The second-order valence-electron chi connectivity index (χ2n) is 13.7. The van der Waals surface area contributed by atoms with E-state index in [1.54, 1.807) is 0 Å². The number of carbonyl (C=O) groups is 1. The van der Waals surface area contributed by atoms with Crippen LogP contribution in [-0.2, 0) is 48.5 Å². The van der Waals surface area contributed by atoms with E-state index in [1.807, 2.05) is 12.1 Å². The Hall–Kier alpha value is -5.49. The van der Waals surface area contributed by atoms with E-state index in [4.69, 9.17) is 9.47 Å². The van der Waals surface area contributed by atoms with Crippen LogP contribution in [-0.4, -0.2) is 40.2 Å². The minimum Gasteiger partial charge on any atom is -0.425 e. The molecule has 4 atom stereocenters. The molecule has 1 aliphatic heterocycles. The minimum absolute atomic E-state index is 0.187. The first-order valence-electron chi connectivity index (χ1n) is 18.3. The Kier molecular flexibility index (Phi) is 11.8. The summed E-state index contributed by atoms with van der Waals surface area (Å²) in [5.74, 6) is 0. The lowest BCUT2D eigenvalue weighted by atomic mass is 9.88. The maximum absolute atomic E-state index is 13.6. The molecule has 1 heterocycles. The topological polar surface area (TPSA) is 42.0 Å². The summed E-state index contributed by atoms with van der Waals surface area (Å²) in [7, 11) is 0. The number of carbonyl (C=O) groups excluding carboxylic acids is 1. The van der Waals surface area contributed by atoms with Crippen molar-refractivity contribution in [2.24, 2.45) is 0 Å². The quantitative estimate of drug-likeness (QED) is 0.0950. The molecule has 52 heavy (non-hydrogen) atoms. The van der Waals surface area contributed by atoms with Gasteiger partial charge in [-0.25, -0.2) is 4.79 Å². The number of hydrogen-bond donors (Lipinski definition) is 0. The Morgan fingerprint density at radius 3 is 0.846 bits per heavy atom. The van der Waals surface area contributed by atoms with Crippen molar-refractivity contribution < 1.29 is 14.3 Å². The highest BCUT2D eigenvalue weighted by Crippen LogP contribution is 2.33. The zero-order valence-corrected chi connectivity index (χ0v) is 29.5. The predicted octanol–water partition coefficient (Wildman–Crippen LogP) is 9.52. The lowest BCUT2D eigenvalue weighted by Crippen LogP contribution is -2.55. The van der Waals surface area contributed by atoms with Gasteiger partial charge in [0, 0.05) is 26.2 Å². The number of rotatable bonds is 16. The average Bonchev–Trinajstić information content (AvgIpc) is 3.58. The van der Waals surface area contributed by atoms with E-state index in [2.05, 4.69) is 180 Å². The van der Waals surface area contributed by atoms with Gasteiger partial charge in [-0.15, -0.1) is 0 Å². The summed E-state index contributed by atoms with van der Waals surface area (Å²) in [5, 5.41) is 0. The van der Waals surface area contributed by atoms with Crippen LogP contribution in [0, 0.1) is 0 Å². The number of hydrogen-bond acceptors (Lipinski definition) is 5. The molecule has 5 heteroatoms. The van der Waals surface area contributed by atoms with Gasteiger partial charge < -0.3 is 9.47 Å². The van der Waals surface area contributed by atoms with E-state index in [0.717, 1.165) is 0 Å². The predicted molar refractivity (Wildman–Crippen MR) is 207 cm³/mol. The molecule has 7 rings (SSSR count). The number of cyclic esters (lactones) is 2. The molecule has 1 aliphatic rings. The van der Waals surface area contributed by atoms with Crippen LogP contribution in [0.15, 0.2) is 182 Å². The van der Waals surface area contributed by atoms with E-state index < -0.39 is 18.4 Å². The first-order chi connectivity index (χ1) is 25.7. The summed E-state index contributed by atoms with van der Waals surface area (Å²) in [6.45, 7) is 2.76. The number of benzene rings is 6. The summed E-state index contributed by atoms with van der Waals surface area (Å²) in [5.41, 5.74) is 7.18. The second kappa shape index (κ2) is 17.6. The van der Waals surface area contributed by atoms with Crippen molar-refractivity contribution in [2.45, 2.75) is 63.3 Å². The van der Waals surface area contributed by atoms with Crippen LogP contribution in [0.4, 0.5) is 4.79 Å². The molecule has 5 nitrogen and oxygen atoms in total. The van der Waals surface area contributed by atoms with Crippen LogP contribution in [0.5, 0.6) is 0 Å². The van der Waals surface area contributed by atoms with Crippen LogP contribution < -0.4 is 0 Å². The average molecular weight is 687 g/mol. The van der Waals surface area contributed by atoms with Crippen molar-refractivity contribution in [2.75, 3.05) is 0 Å². The normalized spacial score (nSPS) is 16.7. The summed E-state index contributed by atoms with van der Waals surface area (Å²) in [6, 6.07) is 63.0. The fourth-order valence-corrected chi connectivity index (χ4v) is 7.45. The monoisotopic (exact) mass is 686 g/mol. The largest absolute Gasteiger partial charge is 0.509 e. The number of nitrogens with zero attached hydrogens (tertiary/aromatic N) is 2. The Morgan fingerprint density at radius 2 is 0.596 bits per heavy atom. The van der Waals surface area contributed by atoms with Crippen LogP contribution in [0.1, 0.15) is 33.4 Å². The molecule has 6 aromatic rings. The summed E-state index contributed by atoms with van der Waals surface area (Å²) < 4.78 is 12.8.